The maximum atomic E-state index is 5.97. The fraction of sp³-hybridized carbons (Fsp3) is 0.688. The second kappa shape index (κ2) is 7.49. The molecule has 0 bridgehead atoms. The molecule has 3 heteroatoms. The zero-order chi connectivity index (χ0) is 13.5. The van der Waals surface area contributed by atoms with Gasteiger partial charge in [0.05, 0.1) is 0 Å². The summed E-state index contributed by atoms with van der Waals surface area (Å²) in [6, 6.07) is 4.11. The number of pyridine rings is 1. The maximum Gasteiger partial charge on any atom is 0.213 e. The lowest BCUT2D eigenvalue weighted by Crippen LogP contribution is -2.24. The van der Waals surface area contributed by atoms with Gasteiger partial charge < -0.3 is 10.1 Å². The Labute approximate surface area is 116 Å². The normalized spacial score (nSPS) is 23.3. The van der Waals surface area contributed by atoms with Gasteiger partial charge in [-0.1, -0.05) is 26.3 Å². The maximum absolute atomic E-state index is 5.97. The molecular weight excluding hydrogens is 236 g/mol. The van der Waals surface area contributed by atoms with Gasteiger partial charge in [-0.05, 0) is 43.7 Å². The van der Waals surface area contributed by atoms with Gasteiger partial charge in [0.15, 0.2) is 0 Å². The summed E-state index contributed by atoms with van der Waals surface area (Å²) in [6.45, 7) is 6.43. The highest BCUT2D eigenvalue weighted by Crippen LogP contribution is 2.26. The summed E-state index contributed by atoms with van der Waals surface area (Å²) in [4.78, 5) is 4.41. The van der Waals surface area contributed by atoms with Crippen LogP contribution in [-0.2, 0) is 6.54 Å². The lowest BCUT2D eigenvalue weighted by atomic mass is 9.89. The van der Waals surface area contributed by atoms with Crippen molar-refractivity contribution < 1.29 is 4.74 Å². The van der Waals surface area contributed by atoms with Crippen LogP contribution < -0.4 is 10.1 Å². The van der Waals surface area contributed by atoms with Crippen LogP contribution in [-0.4, -0.2) is 17.6 Å². The van der Waals surface area contributed by atoms with Crippen LogP contribution in [0.4, 0.5) is 0 Å². The molecule has 3 nitrogen and oxygen atoms in total. The number of aromatic nitrogens is 1. The predicted octanol–water partition coefficient (Wildman–Crippen LogP) is 3.54. The SMILES string of the molecule is CCCNCc1ccc(OC2CCCC(C)C2)nc1. The van der Waals surface area contributed by atoms with Gasteiger partial charge in [0.1, 0.15) is 6.10 Å². The first kappa shape index (κ1) is 14.3. The van der Waals surface area contributed by atoms with Crippen molar-refractivity contribution in [2.24, 2.45) is 5.92 Å². The molecule has 1 fully saturated rings. The Morgan fingerprint density at radius 1 is 1.37 bits per heavy atom. The van der Waals surface area contributed by atoms with Gasteiger partial charge in [-0.25, -0.2) is 4.98 Å². The first-order valence-corrected chi connectivity index (χ1v) is 7.60. The smallest absolute Gasteiger partial charge is 0.213 e. The molecule has 0 aromatic carbocycles. The lowest BCUT2D eigenvalue weighted by molar-refractivity contribution is 0.124. The van der Waals surface area contributed by atoms with Crippen molar-refractivity contribution in [2.75, 3.05) is 6.54 Å². The Morgan fingerprint density at radius 2 is 2.26 bits per heavy atom. The second-order valence-corrected chi connectivity index (χ2v) is 5.69. The Bertz CT molecular complexity index is 364. The standard InChI is InChI=1S/C16H26N2O/c1-3-9-17-11-14-7-8-16(18-12-14)19-15-6-4-5-13(2)10-15/h7-8,12-13,15,17H,3-6,9-11H2,1-2H3. The van der Waals surface area contributed by atoms with Crippen molar-refractivity contribution in [3.8, 4) is 5.88 Å². The quantitative estimate of drug-likeness (QED) is 0.796. The van der Waals surface area contributed by atoms with E-state index < -0.39 is 0 Å². The van der Waals surface area contributed by atoms with Crippen LogP contribution in [0.25, 0.3) is 0 Å². The summed E-state index contributed by atoms with van der Waals surface area (Å²) in [6.07, 6.45) is 8.41. The Hall–Kier alpha value is -1.09. The summed E-state index contributed by atoms with van der Waals surface area (Å²) in [5.41, 5.74) is 1.22. The first-order valence-electron chi connectivity index (χ1n) is 7.60. The number of ether oxygens (including phenoxy) is 1. The topological polar surface area (TPSA) is 34.1 Å². The van der Waals surface area contributed by atoms with E-state index in [1.807, 2.05) is 12.3 Å². The van der Waals surface area contributed by atoms with Gasteiger partial charge in [-0.15, -0.1) is 0 Å². The van der Waals surface area contributed by atoms with Gasteiger partial charge in [0, 0.05) is 18.8 Å². The highest BCUT2D eigenvalue weighted by molar-refractivity contribution is 5.18. The molecule has 2 rings (SSSR count). The molecule has 0 aliphatic heterocycles. The molecule has 1 N–H and O–H groups in total. The highest BCUT2D eigenvalue weighted by atomic mass is 16.5. The molecule has 1 aromatic rings. The predicted molar refractivity (Wildman–Crippen MR) is 78.3 cm³/mol. The van der Waals surface area contributed by atoms with Gasteiger partial charge in [0.2, 0.25) is 5.88 Å². The molecule has 2 atom stereocenters. The number of rotatable bonds is 6. The van der Waals surface area contributed by atoms with E-state index >= 15 is 0 Å². The molecule has 1 aliphatic rings. The summed E-state index contributed by atoms with van der Waals surface area (Å²) in [5, 5.41) is 3.38. The van der Waals surface area contributed by atoms with Crippen LogP contribution in [0.3, 0.4) is 0 Å². The van der Waals surface area contributed by atoms with Crippen LogP contribution in [0, 0.1) is 5.92 Å². The monoisotopic (exact) mass is 262 g/mol. The fourth-order valence-electron chi connectivity index (χ4n) is 2.65. The fourth-order valence-corrected chi connectivity index (χ4v) is 2.65. The minimum atomic E-state index is 0.361. The van der Waals surface area contributed by atoms with E-state index in [1.165, 1.54) is 31.2 Å². The molecule has 19 heavy (non-hydrogen) atoms. The van der Waals surface area contributed by atoms with Gasteiger partial charge >= 0.3 is 0 Å². The largest absolute Gasteiger partial charge is 0.474 e. The molecule has 2 unspecified atom stereocenters. The average molecular weight is 262 g/mol. The molecule has 1 aliphatic carbocycles. The average Bonchev–Trinajstić information content (AvgIpc) is 2.41. The minimum absolute atomic E-state index is 0.361. The van der Waals surface area contributed by atoms with Crippen molar-refractivity contribution in [3.05, 3.63) is 23.9 Å². The zero-order valence-electron chi connectivity index (χ0n) is 12.2. The van der Waals surface area contributed by atoms with E-state index in [-0.39, 0.29) is 0 Å². The molecule has 0 radical (unpaired) electrons. The summed E-state index contributed by atoms with van der Waals surface area (Å²) >= 11 is 0. The third kappa shape index (κ3) is 4.83. The van der Waals surface area contributed by atoms with Crippen molar-refractivity contribution in [1.29, 1.82) is 0 Å². The summed E-state index contributed by atoms with van der Waals surface area (Å²) in [5.74, 6) is 1.56. The highest BCUT2D eigenvalue weighted by Gasteiger charge is 2.20. The number of nitrogens with one attached hydrogen (secondary N) is 1. The zero-order valence-corrected chi connectivity index (χ0v) is 12.2. The summed E-state index contributed by atoms with van der Waals surface area (Å²) < 4.78 is 5.97. The van der Waals surface area contributed by atoms with Crippen LogP contribution in [0.1, 0.15) is 51.5 Å². The third-order valence-corrected chi connectivity index (χ3v) is 3.73. The number of nitrogens with zero attached hydrogens (tertiary/aromatic N) is 1. The van der Waals surface area contributed by atoms with Gasteiger partial charge in [-0.2, -0.15) is 0 Å². The minimum Gasteiger partial charge on any atom is -0.474 e. The molecule has 1 saturated carbocycles. The van der Waals surface area contributed by atoms with E-state index in [9.17, 15) is 0 Å². The van der Waals surface area contributed by atoms with Crippen LogP contribution in [0.15, 0.2) is 18.3 Å². The number of hydrogen-bond donors (Lipinski definition) is 1. The van der Waals surface area contributed by atoms with Gasteiger partial charge in [0.25, 0.3) is 0 Å². The van der Waals surface area contributed by atoms with E-state index in [0.29, 0.717) is 6.10 Å². The molecule has 106 valence electrons. The molecular formula is C16H26N2O. The van der Waals surface area contributed by atoms with Crippen molar-refractivity contribution >= 4 is 0 Å². The summed E-state index contributed by atoms with van der Waals surface area (Å²) in [7, 11) is 0. The van der Waals surface area contributed by atoms with Crippen molar-refractivity contribution in [2.45, 2.75) is 58.6 Å². The Morgan fingerprint density at radius 3 is 2.95 bits per heavy atom. The third-order valence-electron chi connectivity index (χ3n) is 3.73. The van der Waals surface area contributed by atoms with Crippen LogP contribution in [0.2, 0.25) is 0 Å². The van der Waals surface area contributed by atoms with E-state index in [0.717, 1.165) is 31.3 Å². The Balaban J connectivity index is 1.81. The van der Waals surface area contributed by atoms with Crippen molar-refractivity contribution in [3.63, 3.8) is 0 Å². The molecule has 0 saturated heterocycles. The van der Waals surface area contributed by atoms with Crippen LogP contribution in [0.5, 0.6) is 5.88 Å². The molecule has 1 aromatic heterocycles. The molecule has 1 heterocycles. The van der Waals surface area contributed by atoms with Gasteiger partial charge in [-0.3, -0.25) is 0 Å². The first-order chi connectivity index (χ1) is 9.28. The van der Waals surface area contributed by atoms with Crippen molar-refractivity contribution in [1.82, 2.24) is 10.3 Å². The van der Waals surface area contributed by atoms with E-state index in [1.54, 1.807) is 0 Å². The lowest BCUT2D eigenvalue weighted by Gasteiger charge is -2.26. The number of hydrogen-bond acceptors (Lipinski definition) is 3. The van der Waals surface area contributed by atoms with Crippen LogP contribution >= 0.6 is 0 Å². The Kier molecular flexibility index (Phi) is 5.64. The van der Waals surface area contributed by atoms with E-state index in [2.05, 4.69) is 30.2 Å². The molecule has 0 spiro atoms. The van der Waals surface area contributed by atoms with E-state index in [4.69, 9.17) is 4.74 Å². The second-order valence-electron chi connectivity index (χ2n) is 5.69. The molecule has 0 amide bonds.